The lowest BCUT2D eigenvalue weighted by molar-refractivity contribution is -0.154. The quantitative estimate of drug-likeness (QED) is 0.389. The molecule has 2 N–H and O–H groups in total. The summed E-state index contributed by atoms with van der Waals surface area (Å²) in [7, 11) is -2.40. The lowest BCUT2D eigenvalue weighted by Crippen LogP contribution is -2.57. The van der Waals surface area contributed by atoms with Crippen LogP contribution in [0.25, 0.3) is 0 Å². The van der Waals surface area contributed by atoms with Gasteiger partial charge in [0.1, 0.15) is 4.90 Å². The number of aliphatic hydroxyl groups is 1. The van der Waals surface area contributed by atoms with E-state index in [1.54, 1.807) is 7.05 Å². The van der Waals surface area contributed by atoms with Gasteiger partial charge in [0.25, 0.3) is 10.0 Å². The highest BCUT2D eigenvalue weighted by molar-refractivity contribution is 7.90. The molecule has 1 spiro atoms. The predicted octanol–water partition coefficient (Wildman–Crippen LogP) is 5.83. The molecular formula is C32H49N3O5S. The summed E-state index contributed by atoms with van der Waals surface area (Å²) >= 11 is 0. The van der Waals surface area contributed by atoms with E-state index >= 15 is 0 Å². The zero-order chi connectivity index (χ0) is 29.4. The van der Waals surface area contributed by atoms with Gasteiger partial charge in [0.05, 0.1) is 18.9 Å². The Kier molecular flexibility index (Phi) is 7.00. The maximum atomic E-state index is 12.5. The van der Waals surface area contributed by atoms with Crippen LogP contribution in [0.4, 0.5) is 4.79 Å². The Balaban J connectivity index is 1.14. The van der Waals surface area contributed by atoms with Gasteiger partial charge in [0.15, 0.2) is 0 Å². The van der Waals surface area contributed by atoms with Crippen molar-refractivity contribution >= 4 is 16.1 Å². The van der Waals surface area contributed by atoms with Crippen LogP contribution < -0.4 is 4.72 Å². The van der Waals surface area contributed by atoms with Crippen LogP contribution >= 0.6 is 0 Å². The van der Waals surface area contributed by atoms with Crippen LogP contribution in [0.3, 0.4) is 0 Å². The number of nitrogens with one attached hydrogen (secondary N) is 1. The monoisotopic (exact) mass is 587 g/mol. The van der Waals surface area contributed by atoms with Gasteiger partial charge in [-0.05, 0) is 115 Å². The molecule has 1 aromatic rings. The molecule has 5 fully saturated rings. The number of aromatic nitrogens is 2. The second-order valence-corrected chi connectivity index (χ2v) is 16.5. The zero-order valence-electron chi connectivity index (χ0n) is 25.3. The Morgan fingerprint density at radius 1 is 1.20 bits per heavy atom. The number of ether oxygens (including phenoxy) is 1. The van der Waals surface area contributed by atoms with Crippen LogP contribution in [0.2, 0.25) is 0 Å². The summed E-state index contributed by atoms with van der Waals surface area (Å²) in [5.41, 5.74) is 0.688. The molecule has 5 aliphatic carbocycles. The summed E-state index contributed by atoms with van der Waals surface area (Å²) in [4.78, 5) is 12.4. The van der Waals surface area contributed by atoms with Gasteiger partial charge in [-0.15, -0.1) is 6.58 Å². The molecule has 8 nitrogen and oxygen atoms in total. The number of hydrogen-bond acceptors (Lipinski definition) is 6. The maximum Gasteiger partial charge on any atom is 0.421 e. The van der Waals surface area contributed by atoms with E-state index in [1.165, 1.54) is 55.6 Å². The largest absolute Gasteiger partial charge is 0.449 e. The highest BCUT2D eigenvalue weighted by Crippen LogP contribution is 2.85. The number of hydrogen-bond donors (Lipinski definition) is 2. The SMILES string of the molecule is C=C[C@]1(CCOC(=O)NS(=O)(=O)c2cnn(C)c2)C[C@@]12CCC1[C@@H]3C[C@H](CC)C4C[C@H](O)CCC4(C)C3CC[C@@]12C. The van der Waals surface area contributed by atoms with Gasteiger partial charge in [-0.3, -0.25) is 4.68 Å². The summed E-state index contributed by atoms with van der Waals surface area (Å²) in [6, 6.07) is 0. The van der Waals surface area contributed by atoms with Crippen molar-refractivity contribution in [3.8, 4) is 0 Å². The third kappa shape index (κ3) is 4.26. The molecule has 1 aromatic heterocycles. The van der Waals surface area contributed by atoms with Crippen molar-refractivity contribution in [2.45, 2.75) is 102 Å². The third-order valence-electron chi connectivity index (χ3n) is 13.5. The fourth-order valence-corrected chi connectivity index (χ4v) is 12.3. The first-order chi connectivity index (χ1) is 19.3. The minimum absolute atomic E-state index is 0.0706. The summed E-state index contributed by atoms with van der Waals surface area (Å²) in [6.07, 6.45) is 15.9. The van der Waals surface area contributed by atoms with E-state index in [1.807, 2.05) is 4.72 Å². The summed E-state index contributed by atoms with van der Waals surface area (Å²) in [5, 5.41) is 14.4. The number of sulfonamides is 1. The number of allylic oxidation sites excluding steroid dienone is 1. The maximum absolute atomic E-state index is 12.5. The molecule has 5 saturated carbocycles. The Labute approximate surface area is 245 Å². The Bertz CT molecular complexity index is 1310. The highest BCUT2D eigenvalue weighted by atomic mass is 32.2. The molecule has 0 saturated heterocycles. The van der Waals surface area contributed by atoms with Crippen LogP contribution in [0.1, 0.15) is 91.4 Å². The van der Waals surface area contributed by atoms with E-state index in [0.29, 0.717) is 29.6 Å². The topological polar surface area (TPSA) is 111 Å². The number of aryl methyl sites for hydroxylation is 1. The molecule has 0 radical (unpaired) electrons. The number of fused-ring (bicyclic) bond motifs is 6. The van der Waals surface area contributed by atoms with Crippen molar-refractivity contribution in [1.29, 1.82) is 0 Å². The number of nitrogens with zero attached hydrogens (tertiary/aromatic N) is 2. The van der Waals surface area contributed by atoms with Crippen LogP contribution in [-0.4, -0.2) is 42.1 Å². The van der Waals surface area contributed by atoms with Gasteiger partial charge in [-0.25, -0.2) is 17.9 Å². The van der Waals surface area contributed by atoms with Crippen LogP contribution in [0.15, 0.2) is 29.9 Å². The van der Waals surface area contributed by atoms with E-state index < -0.39 is 16.1 Å². The second-order valence-electron chi connectivity index (χ2n) is 14.8. The fraction of sp³-hybridized carbons (Fsp3) is 0.812. The average molecular weight is 588 g/mol. The molecule has 5 aliphatic rings. The first kappa shape index (κ1) is 29.2. The van der Waals surface area contributed by atoms with Gasteiger partial charge >= 0.3 is 6.09 Å². The van der Waals surface area contributed by atoms with E-state index in [9.17, 15) is 18.3 Å². The summed E-state index contributed by atoms with van der Waals surface area (Å²) in [5.74, 6) is 3.55. The van der Waals surface area contributed by atoms with Crippen molar-refractivity contribution in [3.63, 3.8) is 0 Å². The molecule has 1 amide bonds. The minimum atomic E-state index is -4.02. The van der Waals surface area contributed by atoms with Crippen LogP contribution in [-0.2, 0) is 21.8 Å². The van der Waals surface area contributed by atoms with Crippen molar-refractivity contribution in [2.24, 2.45) is 58.3 Å². The van der Waals surface area contributed by atoms with Gasteiger partial charge in [0.2, 0.25) is 0 Å². The molecule has 1 heterocycles. The Morgan fingerprint density at radius 2 is 1.95 bits per heavy atom. The first-order valence-corrected chi connectivity index (χ1v) is 17.3. The first-order valence-electron chi connectivity index (χ1n) is 15.8. The van der Waals surface area contributed by atoms with Crippen molar-refractivity contribution in [2.75, 3.05) is 6.61 Å². The molecular weight excluding hydrogens is 538 g/mol. The Morgan fingerprint density at radius 3 is 2.63 bits per heavy atom. The fourth-order valence-electron chi connectivity index (χ4n) is 11.4. The molecule has 0 aliphatic heterocycles. The number of rotatable bonds is 7. The predicted molar refractivity (Wildman–Crippen MR) is 156 cm³/mol. The molecule has 228 valence electrons. The lowest BCUT2D eigenvalue weighted by atomic mass is 9.42. The molecule has 6 rings (SSSR count). The summed E-state index contributed by atoms with van der Waals surface area (Å²) in [6.45, 7) is 11.9. The molecule has 41 heavy (non-hydrogen) atoms. The van der Waals surface area contributed by atoms with E-state index in [2.05, 4.69) is 38.5 Å². The Hall–Kier alpha value is -1.87. The highest BCUT2D eigenvalue weighted by Gasteiger charge is 2.78. The van der Waals surface area contributed by atoms with Gasteiger partial charge in [0, 0.05) is 13.2 Å². The molecule has 10 atom stereocenters. The van der Waals surface area contributed by atoms with Crippen LogP contribution in [0, 0.1) is 51.2 Å². The number of aliphatic hydroxyl groups excluding tert-OH is 1. The van der Waals surface area contributed by atoms with E-state index in [4.69, 9.17) is 4.74 Å². The lowest BCUT2D eigenvalue weighted by Gasteiger charge is -2.63. The van der Waals surface area contributed by atoms with Crippen molar-refractivity contribution in [1.82, 2.24) is 14.5 Å². The van der Waals surface area contributed by atoms with Gasteiger partial charge < -0.3 is 9.84 Å². The molecule has 0 bridgehead atoms. The van der Waals surface area contributed by atoms with Crippen molar-refractivity contribution < 1.29 is 23.1 Å². The molecule has 9 heteroatoms. The minimum Gasteiger partial charge on any atom is -0.449 e. The van der Waals surface area contributed by atoms with Crippen LogP contribution in [0.5, 0.6) is 0 Å². The second kappa shape index (κ2) is 9.83. The number of carbonyl (C=O) groups excluding carboxylic acids is 1. The standard InChI is InChI=1S/C32H49N3O5S/c1-6-21-16-24-25(29(3)11-8-22(36)17-27(21)29)9-12-30(4)26(24)10-13-32(30)20-31(32,7-2)14-15-40-28(37)34-41(38,39)23-18-33-35(5)19-23/h7,18-19,21-22,24-27,36H,2,6,8-17,20H2,1,3-5H3,(H,34,37)/t21-,22+,24+,25?,26?,27?,29?,30-,31-,32+/m0/s1. The molecule has 0 aromatic carbocycles. The smallest absolute Gasteiger partial charge is 0.421 e. The average Bonchev–Trinajstić information content (AvgIpc) is 3.16. The zero-order valence-corrected chi connectivity index (χ0v) is 26.1. The molecule has 4 unspecified atom stereocenters. The number of amides is 1. The normalized spacial score (nSPS) is 44.9. The van der Waals surface area contributed by atoms with Gasteiger partial charge in [-0.1, -0.05) is 33.3 Å². The third-order valence-corrected chi connectivity index (χ3v) is 14.8. The van der Waals surface area contributed by atoms with E-state index in [0.717, 1.165) is 37.5 Å². The van der Waals surface area contributed by atoms with Crippen molar-refractivity contribution in [3.05, 3.63) is 25.0 Å². The number of carbonyl (C=O) groups is 1. The van der Waals surface area contributed by atoms with Gasteiger partial charge in [-0.2, -0.15) is 5.10 Å². The summed E-state index contributed by atoms with van der Waals surface area (Å²) < 4.78 is 33.8. The van der Waals surface area contributed by atoms with E-state index in [-0.39, 0.29) is 33.9 Å².